The lowest BCUT2D eigenvalue weighted by atomic mass is 10.4. The minimum Gasteiger partial charge on any atom is -0.476 e. The van der Waals surface area contributed by atoms with E-state index in [9.17, 15) is 13.2 Å². The van der Waals surface area contributed by atoms with Gasteiger partial charge in [0.25, 0.3) is 0 Å². The van der Waals surface area contributed by atoms with E-state index in [-0.39, 0.29) is 17.1 Å². The third-order valence-corrected chi connectivity index (χ3v) is 4.69. The molecule has 2 heterocycles. The van der Waals surface area contributed by atoms with Gasteiger partial charge in [-0.3, -0.25) is 5.10 Å². The Hall–Kier alpha value is -2.13. The molecule has 0 saturated heterocycles. The summed E-state index contributed by atoms with van der Waals surface area (Å²) in [5.41, 5.74) is -0.345. The van der Waals surface area contributed by atoms with Gasteiger partial charge in [0, 0.05) is 7.05 Å². The molecule has 0 unspecified atom stereocenters. The van der Waals surface area contributed by atoms with Gasteiger partial charge in [0.05, 0.1) is 18.5 Å². The van der Waals surface area contributed by atoms with Crippen molar-refractivity contribution in [3.8, 4) is 0 Å². The molecular formula is C11H13N3O5S. The van der Waals surface area contributed by atoms with E-state index in [1.807, 2.05) is 0 Å². The standard InChI is InChI=1S/C11H13N3O5S/c1-7-10(9(11(15)16)13-12-7)20(17,18)14(2)6-8-4-3-5-19-8/h3-5H,6H2,1-2H3,(H,12,13)(H,15,16). The third-order valence-electron chi connectivity index (χ3n) is 2.72. The summed E-state index contributed by atoms with van der Waals surface area (Å²) in [6.45, 7) is 1.45. The highest BCUT2D eigenvalue weighted by atomic mass is 32.2. The molecule has 20 heavy (non-hydrogen) atoms. The van der Waals surface area contributed by atoms with E-state index in [1.165, 1.54) is 20.2 Å². The monoisotopic (exact) mass is 299 g/mol. The van der Waals surface area contributed by atoms with Crippen LogP contribution in [0.4, 0.5) is 0 Å². The van der Waals surface area contributed by atoms with E-state index < -0.39 is 21.7 Å². The Labute approximate surface area is 115 Å². The van der Waals surface area contributed by atoms with Gasteiger partial charge in [-0.1, -0.05) is 0 Å². The van der Waals surface area contributed by atoms with Crippen molar-refractivity contribution in [3.63, 3.8) is 0 Å². The number of aryl methyl sites for hydroxylation is 1. The summed E-state index contributed by atoms with van der Waals surface area (Å²) in [4.78, 5) is 10.7. The van der Waals surface area contributed by atoms with Crippen LogP contribution >= 0.6 is 0 Å². The fourth-order valence-electron chi connectivity index (χ4n) is 1.74. The fraction of sp³-hybridized carbons (Fsp3) is 0.273. The van der Waals surface area contributed by atoms with Crippen molar-refractivity contribution < 1.29 is 22.7 Å². The van der Waals surface area contributed by atoms with E-state index >= 15 is 0 Å². The molecule has 0 aliphatic heterocycles. The molecule has 0 fully saturated rings. The van der Waals surface area contributed by atoms with Gasteiger partial charge in [0.2, 0.25) is 10.0 Å². The molecule has 0 aliphatic rings. The molecule has 0 amide bonds. The minimum atomic E-state index is -3.98. The second-order valence-electron chi connectivity index (χ2n) is 4.17. The molecule has 9 heteroatoms. The highest BCUT2D eigenvalue weighted by Crippen LogP contribution is 2.22. The maximum absolute atomic E-state index is 12.4. The number of furan rings is 1. The summed E-state index contributed by atoms with van der Waals surface area (Å²) >= 11 is 0. The number of aromatic carboxylic acids is 1. The number of carbonyl (C=O) groups is 1. The number of sulfonamides is 1. The molecule has 2 aromatic rings. The Morgan fingerprint density at radius 3 is 2.80 bits per heavy atom. The lowest BCUT2D eigenvalue weighted by Crippen LogP contribution is -2.28. The van der Waals surface area contributed by atoms with Crippen LogP contribution in [0.15, 0.2) is 27.7 Å². The van der Waals surface area contributed by atoms with Crippen molar-refractivity contribution in [2.24, 2.45) is 0 Å². The highest BCUT2D eigenvalue weighted by molar-refractivity contribution is 7.89. The number of aromatic amines is 1. The van der Waals surface area contributed by atoms with Gasteiger partial charge in [-0.15, -0.1) is 0 Å². The van der Waals surface area contributed by atoms with E-state index in [4.69, 9.17) is 9.52 Å². The second-order valence-corrected chi connectivity index (χ2v) is 6.15. The average Bonchev–Trinajstić information content (AvgIpc) is 2.98. The number of aromatic nitrogens is 2. The summed E-state index contributed by atoms with van der Waals surface area (Å²) in [7, 11) is -2.64. The number of hydrogen-bond acceptors (Lipinski definition) is 5. The first kappa shape index (κ1) is 14.3. The summed E-state index contributed by atoms with van der Waals surface area (Å²) in [5, 5.41) is 14.9. The van der Waals surface area contributed by atoms with Crippen LogP contribution in [0.25, 0.3) is 0 Å². The lowest BCUT2D eigenvalue weighted by Gasteiger charge is -2.15. The van der Waals surface area contributed by atoms with Crippen LogP contribution in [0.2, 0.25) is 0 Å². The Kier molecular flexibility index (Phi) is 3.64. The van der Waals surface area contributed by atoms with E-state index in [0.29, 0.717) is 5.76 Å². The maximum Gasteiger partial charge on any atom is 0.357 e. The zero-order valence-corrected chi connectivity index (χ0v) is 11.6. The average molecular weight is 299 g/mol. The minimum absolute atomic E-state index is 0.000980. The summed E-state index contributed by atoms with van der Waals surface area (Å²) in [6.07, 6.45) is 1.43. The number of rotatable bonds is 5. The van der Waals surface area contributed by atoms with Crippen LogP contribution in [-0.4, -0.2) is 41.0 Å². The van der Waals surface area contributed by atoms with Crippen LogP contribution in [0.1, 0.15) is 21.9 Å². The first-order chi connectivity index (χ1) is 9.34. The Morgan fingerprint density at radius 2 is 2.25 bits per heavy atom. The van der Waals surface area contributed by atoms with E-state index in [1.54, 1.807) is 12.1 Å². The molecule has 0 aromatic carbocycles. The molecule has 2 N–H and O–H groups in total. The fourth-order valence-corrected chi connectivity index (χ4v) is 3.16. The molecule has 0 atom stereocenters. The molecule has 0 saturated carbocycles. The molecule has 2 aromatic heterocycles. The maximum atomic E-state index is 12.4. The van der Waals surface area contributed by atoms with Gasteiger partial charge in [-0.2, -0.15) is 9.40 Å². The van der Waals surface area contributed by atoms with Gasteiger partial charge in [0.15, 0.2) is 5.69 Å². The van der Waals surface area contributed by atoms with Crippen LogP contribution in [-0.2, 0) is 16.6 Å². The molecule has 0 aliphatic carbocycles. The normalized spacial score (nSPS) is 11.9. The van der Waals surface area contributed by atoms with Crippen LogP contribution in [0.5, 0.6) is 0 Å². The SMILES string of the molecule is Cc1[nH]nc(C(=O)O)c1S(=O)(=O)N(C)Cc1ccco1. The predicted octanol–water partition coefficient (Wildman–Crippen LogP) is 0.830. The summed E-state index contributed by atoms with van der Waals surface area (Å²) in [5.74, 6) is -0.951. The predicted molar refractivity (Wildman–Crippen MR) is 67.6 cm³/mol. The lowest BCUT2D eigenvalue weighted by molar-refractivity contribution is 0.0686. The number of nitrogens with one attached hydrogen (secondary N) is 1. The van der Waals surface area contributed by atoms with Gasteiger partial charge < -0.3 is 9.52 Å². The zero-order chi connectivity index (χ0) is 14.9. The zero-order valence-electron chi connectivity index (χ0n) is 10.8. The van der Waals surface area contributed by atoms with Gasteiger partial charge in [0.1, 0.15) is 10.7 Å². The molecule has 8 nitrogen and oxygen atoms in total. The van der Waals surface area contributed by atoms with Crippen molar-refractivity contribution in [2.45, 2.75) is 18.4 Å². The van der Waals surface area contributed by atoms with Crippen LogP contribution in [0.3, 0.4) is 0 Å². The largest absolute Gasteiger partial charge is 0.476 e. The first-order valence-corrected chi connectivity index (χ1v) is 7.05. The van der Waals surface area contributed by atoms with E-state index in [2.05, 4.69) is 10.2 Å². The number of nitrogens with zero attached hydrogens (tertiary/aromatic N) is 2. The second kappa shape index (κ2) is 5.10. The molecule has 0 spiro atoms. The van der Waals surface area contributed by atoms with Crippen LogP contribution in [0, 0.1) is 6.92 Å². The van der Waals surface area contributed by atoms with Crippen molar-refractivity contribution in [1.29, 1.82) is 0 Å². The number of hydrogen-bond donors (Lipinski definition) is 2. The quantitative estimate of drug-likeness (QED) is 0.844. The number of carboxylic acid groups (broad SMARTS) is 1. The molecule has 108 valence electrons. The molecule has 0 radical (unpaired) electrons. The summed E-state index contributed by atoms with van der Waals surface area (Å²) in [6, 6.07) is 3.27. The number of H-pyrrole nitrogens is 1. The Morgan fingerprint density at radius 1 is 1.55 bits per heavy atom. The van der Waals surface area contributed by atoms with E-state index in [0.717, 1.165) is 4.31 Å². The highest BCUT2D eigenvalue weighted by Gasteiger charge is 2.31. The number of carboxylic acids is 1. The first-order valence-electron chi connectivity index (χ1n) is 5.61. The topological polar surface area (TPSA) is 116 Å². The molecular weight excluding hydrogens is 286 g/mol. The van der Waals surface area contributed by atoms with Gasteiger partial charge >= 0.3 is 5.97 Å². The third kappa shape index (κ3) is 2.45. The van der Waals surface area contributed by atoms with Crippen molar-refractivity contribution in [2.75, 3.05) is 7.05 Å². The van der Waals surface area contributed by atoms with Crippen molar-refractivity contribution >= 4 is 16.0 Å². The molecule has 0 bridgehead atoms. The smallest absolute Gasteiger partial charge is 0.357 e. The Balaban J connectivity index is 2.40. The van der Waals surface area contributed by atoms with Crippen LogP contribution < -0.4 is 0 Å². The molecule has 2 rings (SSSR count). The van der Waals surface area contributed by atoms with Crippen molar-refractivity contribution in [1.82, 2.24) is 14.5 Å². The van der Waals surface area contributed by atoms with Gasteiger partial charge in [-0.05, 0) is 19.1 Å². The summed E-state index contributed by atoms with van der Waals surface area (Å²) < 4.78 is 30.9. The van der Waals surface area contributed by atoms with Gasteiger partial charge in [-0.25, -0.2) is 13.2 Å². The Bertz CT molecular complexity index is 717. The van der Waals surface area contributed by atoms with Crippen molar-refractivity contribution in [3.05, 3.63) is 35.5 Å².